The molecule has 1 fully saturated rings. The first kappa shape index (κ1) is 9.32. The summed E-state index contributed by atoms with van der Waals surface area (Å²) >= 11 is 0. The van der Waals surface area contributed by atoms with E-state index in [2.05, 4.69) is 0 Å². The SMILES string of the molecule is CN(C)C(=O)N1CCC[C@@H](O)C1. The molecule has 4 nitrogen and oxygen atoms in total. The fourth-order valence-electron chi connectivity index (χ4n) is 1.41. The van der Waals surface area contributed by atoms with Gasteiger partial charge in [-0.15, -0.1) is 0 Å². The number of piperidine rings is 1. The summed E-state index contributed by atoms with van der Waals surface area (Å²) in [6.07, 6.45) is 1.39. The molecule has 0 spiro atoms. The molecule has 1 atom stereocenters. The fraction of sp³-hybridized carbons (Fsp3) is 0.875. The summed E-state index contributed by atoms with van der Waals surface area (Å²) in [5.74, 6) is 0. The number of β-amino-alcohol motifs (C(OH)–C–C–N with tert-alkyl or cyclic N) is 1. The molecular weight excluding hydrogens is 156 g/mol. The molecule has 0 aromatic heterocycles. The van der Waals surface area contributed by atoms with Crippen LogP contribution in [-0.4, -0.2) is 54.2 Å². The Hall–Kier alpha value is -0.770. The summed E-state index contributed by atoms with van der Waals surface area (Å²) < 4.78 is 0. The van der Waals surface area contributed by atoms with Gasteiger partial charge in [-0.1, -0.05) is 0 Å². The third-order valence-electron chi connectivity index (χ3n) is 2.05. The van der Waals surface area contributed by atoms with Crippen LogP contribution in [0, 0.1) is 0 Å². The summed E-state index contributed by atoms with van der Waals surface area (Å²) in [5.41, 5.74) is 0. The monoisotopic (exact) mass is 172 g/mol. The average molecular weight is 172 g/mol. The normalized spacial score (nSPS) is 23.9. The molecule has 0 bridgehead atoms. The molecule has 0 aromatic rings. The number of hydrogen-bond acceptors (Lipinski definition) is 2. The minimum atomic E-state index is -0.331. The van der Waals surface area contributed by atoms with Crippen LogP contribution in [0.1, 0.15) is 12.8 Å². The van der Waals surface area contributed by atoms with Crippen LogP contribution in [0.25, 0.3) is 0 Å². The standard InChI is InChI=1S/C8H16N2O2/c1-9(2)8(12)10-5-3-4-7(11)6-10/h7,11H,3-6H2,1-2H3/t7-/m1/s1. The second kappa shape index (κ2) is 3.76. The molecule has 0 radical (unpaired) electrons. The number of aliphatic hydroxyl groups is 1. The van der Waals surface area contributed by atoms with Crippen LogP contribution < -0.4 is 0 Å². The third kappa shape index (κ3) is 2.11. The van der Waals surface area contributed by atoms with Gasteiger partial charge in [-0.25, -0.2) is 4.79 Å². The van der Waals surface area contributed by atoms with Gasteiger partial charge in [0.1, 0.15) is 0 Å². The van der Waals surface area contributed by atoms with Gasteiger partial charge >= 0.3 is 6.03 Å². The molecule has 1 heterocycles. The first-order valence-corrected chi connectivity index (χ1v) is 4.25. The van der Waals surface area contributed by atoms with E-state index < -0.39 is 0 Å². The summed E-state index contributed by atoms with van der Waals surface area (Å²) in [6, 6.07) is -0.00579. The van der Waals surface area contributed by atoms with Crippen molar-refractivity contribution in [3.8, 4) is 0 Å². The Bertz CT molecular complexity index is 170. The Labute approximate surface area is 72.8 Å². The second-order valence-corrected chi connectivity index (χ2v) is 3.42. The summed E-state index contributed by atoms with van der Waals surface area (Å²) in [5, 5.41) is 9.30. The van der Waals surface area contributed by atoms with E-state index >= 15 is 0 Å². The van der Waals surface area contributed by atoms with Crippen molar-refractivity contribution in [1.82, 2.24) is 9.80 Å². The number of nitrogens with zero attached hydrogens (tertiary/aromatic N) is 2. The van der Waals surface area contributed by atoms with Gasteiger partial charge in [0.05, 0.1) is 6.10 Å². The topological polar surface area (TPSA) is 43.8 Å². The Balaban J connectivity index is 2.46. The Morgan fingerprint density at radius 3 is 2.75 bits per heavy atom. The van der Waals surface area contributed by atoms with Crippen LogP contribution in [0.3, 0.4) is 0 Å². The van der Waals surface area contributed by atoms with Gasteiger partial charge in [-0.3, -0.25) is 0 Å². The smallest absolute Gasteiger partial charge is 0.319 e. The van der Waals surface area contributed by atoms with Crippen molar-refractivity contribution in [2.75, 3.05) is 27.2 Å². The maximum absolute atomic E-state index is 11.4. The largest absolute Gasteiger partial charge is 0.391 e. The fourth-order valence-corrected chi connectivity index (χ4v) is 1.41. The number of aliphatic hydroxyl groups excluding tert-OH is 1. The molecule has 1 saturated heterocycles. The Morgan fingerprint density at radius 2 is 2.25 bits per heavy atom. The molecular formula is C8H16N2O2. The van der Waals surface area contributed by atoms with E-state index in [1.807, 2.05) is 0 Å². The van der Waals surface area contributed by atoms with Gasteiger partial charge in [-0.05, 0) is 12.8 Å². The first-order chi connectivity index (χ1) is 5.61. The summed E-state index contributed by atoms with van der Waals surface area (Å²) in [6.45, 7) is 1.26. The lowest BCUT2D eigenvalue weighted by molar-refractivity contribution is 0.0762. The number of hydrogen-bond donors (Lipinski definition) is 1. The highest BCUT2D eigenvalue weighted by Gasteiger charge is 2.22. The zero-order valence-corrected chi connectivity index (χ0v) is 7.66. The van der Waals surface area contributed by atoms with Gasteiger partial charge in [0, 0.05) is 27.2 Å². The maximum Gasteiger partial charge on any atom is 0.319 e. The first-order valence-electron chi connectivity index (χ1n) is 4.25. The highest BCUT2D eigenvalue weighted by Crippen LogP contribution is 2.10. The molecule has 1 N–H and O–H groups in total. The van der Waals surface area contributed by atoms with Crippen LogP contribution in [0.15, 0.2) is 0 Å². The minimum Gasteiger partial charge on any atom is -0.391 e. The average Bonchev–Trinajstić information content (AvgIpc) is 2.03. The summed E-state index contributed by atoms with van der Waals surface area (Å²) in [7, 11) is 3.45. The lowest BCUT2D eigenvalue weighted by Crippen LogP contribution is -2.46. The van der Waals surface area contributed by atoms with E-state index in [-0.39, 0.29) is 12.1 Å². The van der Waals surface area contributed by atoms with E-state index in [0.29, 0.717) is 6.54 Å². The molecule has 0 aliphatic carbocycles. The van der Waals surface area contributed by atoms with Gasteiger partial charge in [0.15, 0.2) is 0 Å². The predicted octanol–water partition coefficient (Wildman–Crippen LogP) is 0.125. The number of amides is 2. The number of likely N-dealkylation sites (tertiary alicyclic amines) is 1. The molecule has 2 amide bonds. The third-order valence-corrected chi connectivity index (χ3v) is 2.05. The van der Waals surface area contributed by atoms with E-state index in [4.69, 9.17) is 0 Å². The maximum atomic E-state index is 11.4. The molecule has 12 heavy (non-hydrogen) atoms. The number of carbonyl (C=O) groups excluding carboxylic acids is 1. The molecule has 1 aliphatic rings. The zero-order valence-electron chi connectivity index (χ0n) is 7.66. The number of rotatable bonds is 0. The molecule has 0 unspecified atom stereocenters. The number of carbonyl (C=O) groups is 1. The van der Waals surface area contributed by atoms with Crippen LogP contribution in [-0.2, 0) is 0 Å². The molecule has 0 saturated carbocycles. The quantitative estimate of drug-likeness (QED) is 0.564. The van der Waals surface area contributed by atoms with Crippen molar-refractivity contribution in [2.24, 2.45) is 0 Å². The molecule has 4 heteroatoms. The van der Waals surface area contributed by atoms with Gasteiger partial charge < -0.3 is 14.9 Å². The highest BCUT2D eigenvalue weighted by atomic mass is 16.3. The highest BCUT2D eigenvalue weighted by molar-refractivity contribution is 5.73. The van der Waals surface area contributed by atoms with Crippen molar-refractivity contribution in [3.05, 3.63) is 0 Å². The van der Waals surface area contributed by atoms with Crippen LogP contribution in [0.2, 0.25) is 0 Å². The molecule has 70 valence electrons. The van der Waals surface area contributed by atoms with E-state index in [1.54, 1.807) is 19.0 Å². The van der Waals surface area contributed by atoms with Crippen LogP contribution in [0.5, 0.6) is 0 Å². The number of urea groups is 1. The van der Waals surface area contributed by atoms with Gasteiger partial charge in [0.25, 0.3) is 0 Å². The van der Waals surface area contributed by atoms with Crippen LogP contribution >= 0.6 is 0 Å². The minimum absolute atomic E-state index is 0.00579. The zero-order chi connectivity index (χ0) is 9.14. The van der Waals surface area contributed by atoms with Crippen molar-refractivity contribution >= 4 is 6.03 Å². The van der Waals surface area contributed by atoms with E-state index in [0.717, 1.165) is 19.4 Å². The molecule has 1 rings (SSSR count). The Kier molecular flexibility index (Phi) is 2.92. The predicted molar refractivity (Wildman–Crippen MR) is 45.9 cm³/mol. The van der Waals surface area contributed by atoms with Gasteiger partial charge in [-0.2, -0.15) is 0 Å². The van der Waals surface area contributed by atoms with Crippen molar-refractivity contribution in [2.45, 2.75) is 18.9 Å². The summed E-state index contributed by atoms with van der Waals surface area (Å²) in [4.78, 5) is 14.6. The van der Waals surface area contributed by atoms with Gasteiger partial charge in [0.2, 0.25) is 0 Å². The molecule has 1 aliphatic heterocycles. The lowest BCUT2D eigenvalue weighted by atomic mass is 10.1. The van der Waals surface area contributed by atoms with Crippen molar-refractivity contribution in [1.29, 1.82) is 0 Å². The van der Waals surface area contributed by atoms with Crippen molar-refractivity contribution < 1.29 is 9.90 Å². The van der Waals surface area contributed by atoms with Crippen LogP contribution in [0.4, 0.5) is 4.79 Å². The van der Waals surface area contributed by atoms with Crippen molar-refractivity contribution in [3.63, 3.8) is 0 Å². The Morgan fingerprint density at radius 1 is 1.58 bits per heavy atom. The van der Waals surface area contributed by atoms with E-state index in [1.165, 1.54) is 4.90 Å². The van der Waals surface area contributed by atoms with E-state index in [9.17, 15) is 9.90 Å². The second-order valence-electron chi connectivity index (χ2n) is 3.42. The lowest BCUT2D eigenvalue weighted by Gasteiger charge is -2.32. The molecule has 0 aromatic carbocycles.